The Kier molecular flexibility index (Phi) is 5.92. The molecular weight excluding hydrogens is 394 g/mol. The van der Waals surface area contributed by atoms with E-state index < -0.39 is 0 Å². The van der Waals surface area contributed by atoms with Gasteiger partial charge in [-0.05, 0) is 76.9 Å². The van der Waals surface area contributed by atoms with Gasteiger partial charge in [0.1, 0.15) is 11.5 Å². The molecule has 132 valence electrons. The molecule has 0 saturated carbocycles. The van der Waals surface area contributed by atoms with Crippen LogP contribution < -0.4 is 9.47 Å². The first-order chi connectivity index (χ1) is 12.7. The van der Waals surface area contributed by atoms with Gasteiger partial charge < -0.3 is 14.6 Å². The van der Waals surface area contributed by atoms with Crippen molar-refractivity contribution in [3.8, 4) is 23.0 Å². The van der Waals surface area contributed by atoms with Gasteiger partial charge in [0.15, 0.2) is 11.5 Å². The van der Waals surface area contributed by atoms with Gasteiger partial charge in [0.25, 0.3) is 0 Å². The van der Waals surface area contributed by atoms with Crippen molar-refractivity contribution >= 4 is 27.8 Å². The second-order valence-electron chi connectivity index (χ2n) is 5.45. The normalized spacial score (nSPS) is 10.8. The molecule has 5 heteroatoms. The number of hydrogen-bond acceptors (Lipinski definition) is 4. The molecule has 0 unspecified atom stereocenters. The average molecular weight is 412 g/mol. The van der Waals surface area contributed by atoms with Crippen LogP contribution in [-0.4, -0.2) is 17.9 Å². The highest BCUT2D eigenvalue weighted by Crippen LogP contribution is 2.35. The third kappa shape index (κ3) is 4.64. The maximum absolute atomic E-state index is 9.96. The summed E-state index contributed by atoms with van der Waals surface area (Å²) in [6.07, 6.45) is 1.72. The Bertz CT molecular complexity index is 893. The predicted molar refractivity (Wildman–Crippen MR) is 107 cm³/mol. The first-order valence-corrected chi connectivity index (χ1v) is 8.97. The summed E-state index contributed by atoms with van der Waals surface area (Å²) in [7, 11) is 0. The zero-order valence-corrected chi connectivity index (χ0v) is 15.8. The monoisotopic (exact) mass is 411 g/mol. The number of aliphatic imine (C=N–C) groups is 1. The van der Waals surface area contributed by atoms with Gasteiger partial charge in [0.05, 0.1) is 16.8 Å². The van der Waals surface area contributed by atoms with E-state index in [1.165, 1.54) is 0 Å². The standard InChI is InChI=1S/C21H18BrNO3/c1-2-25-20-13-15(12-19(22)21(20)24)14-23-16-8-10-18(11-9-16)26-17-6-4-3-5-7-17/h3-14,24H,2H2,1H3. The van der Waals surface area contributed by atoms with E-state index in [-0.39, 0.29) is 5.75 Å². The van der Waals surface area contributed by atoms with Crippen LogP contribution in [0.1, 0.15) is 12.5 Å². The summed E-state index contributed by atoms with van der Waals surface area (Å²) in [5.74, 6) is 2.06. The topological polar surface area (TPSA) is 51.0 Å². The zero-order valence-electron chi connectivity index (χ0n) is 14.2. The molecule has 0 amide bonds. The van der Waals surface area contributed by atoms with Crippen LogP contribution in [0.2, 0.25) is 0 Å². The molecule has 0 fully saturated rings. The van der Waals surface area contributed by atoms with Gasteiger partial charge in [-0.2, -0.15) is 0 Å². The highest BCUT2D eigenvalue weighted by Gasteiger charge is 2.08. The maximum Gasteiger partial charge on any atom is 0.172 e. The number of nitrogens with zero attached hydrogens (tertiary/aromatic N) is 1. The minimum absolute atomic E-state index is 0.0893. The third-order valence-electron chi connectivity index (χ3n) is 3.53. The number of ether oxygens (including phenoxy) is 2. The van der Waals surface area contributed by atoms with Crippen LogP contribution in [0.15, 0.2) is 76.2 Å². The van der Waals surface area contributed by atoms with Gasteiger partial charge in [-0.1, -0.05) is 18.2 Å². The molecule has 0 aliphatic heterocycles. The molecule has 1 N–H and O–H groups in total. The van der Waals surface area contributed by atoms with Crippen LogP contribution in [0, 0.1) is 0 Å². The van der Waals surface area contributed by atoms with Crippen LogP contribution in [-0.2, 0) is 0 Å². The van der Waals surface area contributed by atoms with Gasteiger partial charge >= 0.3 is 0 Å². The number of para-hydroxylation sites is 1. The van der Waals surface area contributed by atoms with Gasteiger partial charge in [0, 0.05) is 6.21 Å². The summed E-state index contributed by atoms with van der Waals surface area (Å²) >= 11 is 3.33. The molecule has 0 atom stereocenters. The molecule has 0 saturated heterocycles. The van der Waals surface area contributed by atoms with E-state index in [0.717, 1.165) is 22.7 Å². The minimum Gasteiger partial charge on any atom is -0.503 e. The fourth-order valence-electron chi connectivity index (χ4n) is 2.31. The molecule has 0 aromatic heterocycles. The van der Waals surface area contributed by atoms with Crippen molar-refractivity contribution in [3.05, 3.63) is 76.8 Å². The third-order valence-corrected chi connectivity index (χ3v) is 4.13. The highest BCUT2D eigenvalue weighted by atomic mass is 79.9. The Hall–Kier alpha value is -2.79. The highest BCUT2D eigenvalue weighted by molar-refractivity contribution is 9.10. The Morgan fingerprint density at radius 1 is 1.00 bits per heavy atom. The Morgan fingerprint density at radius 2 is 1.69 bits per heavy atom. The lowest BCUT2D eigenvalue weighted by atomic mass is 10.2. The van der Waals surface area contributed by atoms with E-state index in [9.17, 15) is 5.11 Å². The number of aromatic hydroxyl groups is 1. The first kappa shape index (κ1) is 18.0. The van der Waals surface area contributed by atoms with Crippen molar-refractivity contribution < 1.29 is 14.6 Å². The molecular formula is C21H18BrNO3. The van der Waals surface area contributed by atoms with Crippen molar-refractivity contribution in [2.24, 2.45) is 4.99 Å². The lowest BCUT2D eigenvalue weighted by Crippen LogP contribution is -1.94. The fourth-order valence-corrected chi connectivity index (χ4v) is 2.77. The molecule has 3 aromatic rings. The van der Waals surface area contributed by atoms with Crippen molar-refractivity contribution in [2.75, 3.05) is 6.61 Å². The Morgan fingerprint density at radius 3 is 2.38 bits per heavy atom. The molecule has 0 aliphatic rings. The van der Waals surface area contributed by atoms with Crippen LogP contribution in [0.25, 0.3) is 0 Å². The minimum atomic E-state index is 0.0893. The smallest absolute Gasteiger partial charge is 0.172 e. The van der Waals surface area contributed by atoms with Gasteiger partial charge in [0.2, 0.25) is 0 Å². The summed E-state index contributed by atoms with van der Waals surface area (Å²) in [5, 5.41) is 9.96. The van der Waals surface area contributed by atoms with Crippen molar-refractivity contribution in [3.63, 3.8) is 0 Å². The van der Waals surface area contributed by atoms with Crippen LogP contribution in [0.4, 0.5) is 5.69 Å². The summed E-state index contributed by atoms with van der Waals surface area (Å²) in [6, 6.07) is 20.7. The first-order valence-electron chi connectivity index (χ1n) is 8.18. The zero-order chi connectivity index (χ0) is 18.4. The largest absolute Gasteiger partial charge is 0.503 e. The van der Waals surface area contributed by atoms with Gasteiger partial charge in [-0.3, -0.25) is 4.99 Å². The van der Waals surface area contributed by atoms with Gasteiger partial charge in [-0.25, -0.2) is 0 Å². The number of phenols is 1. The second-order valence-corrected chi connectivity index (χ2v) is 6.30. The van der Waals surface area contributed by atoms with Crippen molar-refractivity contribution in [1.82, 2.24) is 0 Å². The lowest BCUT2D eigenvalue weighted by Gasteiger charge is -2.08. The summed E-state index contributed by atoms with van der Waals surface area (Å²) < 4.78 is 11.8. The SMILES string of the molecule is CCOc1cc(C=Nc2ccc(Oc3ccccc3)cc2)cc(Br)c1O. The van der Waals surface area contributed by atoms with E-state index in [1.807, 2.05) is 61.5 Å². The van der Waals surface area contributed by atoms with E-state index >= 15 is 0 Å². The Labute approximate surface area is 160 Å². The number of benzene rings is 3. The van der Waals surface area contributed by atoms with E-state index in [1.54, 1.807) is 18.3 Å². The molecule has 0 bridgehead atoms. The number of halogens is 1. The summed E-state index contributed by atoms with van der Waals surface area (Å²) in [6.45, 7) is 2.34. The molecule has 0 radical (unpaired) electrons. The quantitative estimate of drug-likeness (QED) is 0.498. The second kappa shape index (κ2) is 8.54. The molecule has 0 spiro atoms. The van der Waals surface area contributed by atoms with Crippen LogP contribution in [0.3, 0.4) is 0 Å². The lowest BCUT2D eigenvalue weighted by molar-refractivity contribution is 0.317. The molecule has 3 rings (SSSR count). The van der Waals surface area contributed by atoms with Crippen LogP contribution >= 0.6 is 15.9 Å². The summed E-state index contributed by atoms with van der Waals surface area (Å²) in [4.78, 5) is 4.46. The summed E-state index contributed by atoms with van der Waals surface area (Å²) in [5.41, 5.74) is 1.62. The molecule has 3 aromatic carbocycles. The molecule has 0 aliphatic carbocycles. The number of rotatable bonds is 6. The van der Waals surface area contributed by atoms with Crippen LogP contribution in [0.5, 0.6) is 23.0 Å². The Balaban J connectivity index is 1.72. The fraction of sp³-hybridized carbons (Fsp3) is 0.0952. The average Bonchev–Trinajstić information content (AvgIpc) is 2.66. The van der Waals surface area contributed by atoms with Gasteiger partial charge in [-0.15, -0.1) is 0 Å². The molecule has 0 heterocycles. The number of hydrogen-bond donors (Lipinski definition) is 1. The van der Waals surface area contributed by atoms with Crippen molar-refractivity contribution in [2.45, 2.75) is 6.92 Å². The number of phenolic OH excluding ortho intramolecular Hbond substituents is 1. The molecule has 26 heavy (non-hydrogen) atoms. The van der Waals surface area contributed by atoms with Crippen molar-refractivity contribution in [1.29, 1.82) is 0 Å². The van der Waals surface area contributed by atoms with E-state index in [4.69, 9.17) is 9.47 Å². The van der Waals surface area contributed by atoms with E-state index in [0.29, 0.717) is 16.8 Å². The predicted octanol–water partition coefficient (Wildman–Crippen LogP) is 6.10. The maximum atomic E-state index is 9.96. The molecule has 4 nitrogen and oxygen atoms in total. The van der Waals surface area contributed by atoms with E-state index in [2.05, 4.69) is 20.9 Å².